The lowest BCUT2D eigenvalue weighted by atomic mass is 9.98. The maximum atomic E-state index is 13.9. The van der Waals surface area contributed by atoms with E-state index in [1.807, 2.05) is 0 Å². The van der Waals surface area contributed by atoms with Crippen LogP contribution in [0, 0.1) is 5.82 Å². The molecular formula is C18H16FNO4. The molecule has 124 valence electrons. The van der Waals surface area contributed by atoms with Crippen LogP contribution in [0.2, 0.25) is 0 Å². The van der Waals surface area contributed by atoms with Crippen molar-refractivity contribution in [1.82, 2.24) is 5.32 Å². The summed E-state index contributed by atoms with van der Waals surface area (Å²) in [7, 11) is 1.48. The Kier molecular flexibility index (Phi) is 4.20. The van der Waals surface area contributed by atoms with Gasteiger partial charge in [-0.25, -0.2) is 4.39 Å². The first-order valence-corrected chi connectivity index (χ1v) is 7.47. The fourth-order valence-corrected chi connectivity index (χ4v) is 2.61. The number of hydrogen-bond acceptors (Lipinski definition) is 4. The number of Topliss-reactive ketones (excluding diaryl/α,β-unsaturated/α-hetero) is 1. The Morgan fingerprint density at radius 1 is 1.04 bits per heavy atom. The van der Waals surface area contributed by atoms with Crippen molar-refractivity contribution >= 4 is 11.7 Å². The smallest absolute Gasteiger partial charge is 0.251 e. The van der Waals surface area contributed by atoms with Crippen molar-refractivity contribution in [2.75, 3.05) is 20.3 Å². The fourth-order valence-electron chi connectivity index (χ4n) is 2.61. The van der Waals surface area contributed by atoms with Crippen molar-refractivity contribution in [1.29, 1.82) is 0 Å². The summed E-state index contributed by atoms with van der Waals surface area (Å²) in [4.78, 5) is 23.7. The molecule has 0 saturated carbocycles. The first-order chi connectivity index (χ1) is 11.5. The molecule has 3 rings (SSSR count). The molecule has 2 aromatic rings. The van der Waals surface area contributed by atoms with Gasteiger partial charge in [0, 0.05) is 12.6 Å². The number of carbonyl (C=O) groups excluding carboxylic acids is 2. The average molecular weight is 329 g/mol. The Labute approximate surface area is 138 Å². The minimum Gasteiger partial charge on any atom is -0.486 e. The van der Waals surface area contributed by atoms with Crippen LogP contribution in [0.25, 0.3) is 11.1 Å². The van der Waals surface area contributed by atoms with E-state index in [0.717, 1.165) is 6.07 Å². The molecule has 6 heteroatoms. The summed E-state index contributed by atoms with van der Waals surface area (Å²) in [6.07, 6.45) is 0. The van der Waals surface area contributed by atoms with E-state index in [0.29, 0.717) is 41.4 Å². The monoisotopic (exact) mass is 329 g/mol. The van der Waals surface area contributed by atoms with Crippen LogP contribution in [0.5, 0.6) is 11.5 Å². The van der Waals surface area contributed by atoms with Crippen molar-refractivity contribution in [3.8, 4) is 22.6 Å². The number of halogens is 1. The first kappa shape index (κ1) is 16.0. The van der Waals surface area contributed by atoms with E-state index in [2.05, 4.69) is 5.32 Å². The molecule has 0 saturated heterocycles. The highest BCUT2D eigenvalue weighted by atomic mass is 19.1. The molecule has 0 aliphatic carbocycles. The molecule has 24 heavy (non-hydrogen) atoms. The van der Waals surface area contributed by atoms with E-state index in [9.17, 15) is 14.0 Å². The van der Waals surface area contributed by atoms with E-state index in [-0.39, 0.29) is 17.3 Å². The second-order valence-electron chi connectivity index (χ2n) is 5.41. The van der Waals surface area contributed by atoms with Gasteiger partial charge in [-0.05, 0) is 48.4 Å². The zero-order valence-electron chi connectivity index (χ0n) is 13.3. The third kappa shape index (κ3) is 2.95. The molecule has 0 bridgehead atoms. The van der Waals surface area contributed by atoms with Crippen LogP contribution in [0.1, 0.15) is 27.6 Å². The molecular weight excluding hydrogens is 313 g/mol. The standard InChI is InChI=1S/C18H16FNO4/c1-10(21)15-8-12(9-16-17(15)24-4-3-23-16)11-5-13(18(22)20-2)7-14(19)6-11/h5-9H,3-4H2,1-2H3,(H,20,22). The van der Waals surface area contributed by atoms with Gasteiger partial charge in [-0.2, -0.15) is 0 Å². The van der Waals surface area contributed by atoms with Crippen molar-refractivity contribution in [3.63, 3.8) is 0 Å². The van der Waals surface area contributed by atoms with Gasteiger partial charge in [0.2, 0.25) is 0 Å². The highest BCUT2D eigenvalue weighted by Crippen LogP contribution is 2.39. The minimum absolute atomic E-state index is 0.179. The molecule has 1 amide bonds. The average Bonchev–Trinajstić information content (AvgIpc) is 2.59. The van der Waals surface area contributed by atoms with Gasteiger partial charge in [-0.3, -0.25) is 9.59 Å². The highest BCUT2D eigenvalue weighted by molar-refractivity contribution is 6.00. The normalized spacial score (nSPS) is 12.6. The van der Waals surface area contributed by atoms with E-state index in [1.54, 1.807) is 18.2 Å². The van der Waals surface area contributed by atoms with Crippen LogP contribution in [0.4, 0.5) is 4.39 Å². The van der Waals surface area contributed by atoms with Crippen LogP contribution >= 0.6 is 0 Å². The molecule has 1 heterocycles. The molecule has 0 radical (unpaired) electrons. The second-order valence-corrected chi connectivity index (χ2v) is 5.41. The Hall–Kier alpha value is -2.89. The van der Waals surface area contributed by atoms with Crippen LogP contribution in [0.3, 0.4) is 0 Å². The van der Waals surface area contributed by atoms with Gasteiger partial charge in [0.15, 0.2) is 17.3 Å². The zero-order valence-corrected chi connectivity index (χ0v) is 13.3. The van der Waals surface area contributed by atoms with Gasteiger partial charge in [-0.1, -0.05) is 0 Å². The second kappa shape index (κ2) is 6.31. The van der Waals surface area contributed by atoms with Gasteiger partial charge < -0.3 is 14.8 Å². The summed E-state index contributed by atoms with van der Waals surface area (Å²) >= 11 is 0. The number of ether oxygens (including phenoxy) is 2. The summed E-state index contributed by atoms with van der Waals surface area (Å²) < 4.78 is 25.0. The van der Waals surface area contributed by atoms with Crippen molar-refractivity contribution in [2.45, 2.75) is 6.92 Å². The topological polar surface area (TPSA) is 64.6 Å². The lowest BCUT2D eigenvalue weighted by Crippen LogP contribution is -2.18. The number of benzene rings is 2. The van der Waals surface area contributed by atoms with Gasteiger partial charge >= 0.3 is 0 Å². The van der Waals surface area contributed by atoms with Crippen LogP contribution in [0.15, 0.2) is 30.3 Å². The Morgan fingerprint density at radius 2 is 1.75 bits per heavy atom. The predicted molar refractivity (Wildman–Crippen MR) is 86.2 cm³/mol. The lowest BCUT2D eigenvalue weighted by Gasteiger charge is -2.21. The van der Waals surface area contributed by atoms with E-state index >= 15 is 0 Å². The number of fused-ring (bicyclic) bond motifs is 1. The third-order valence-corrected chi connectivity index (χ3v) is 3.74. The number of amides is 1. The van der Waals surface area contributed by atoms with E-state index in [1.165, 1.54) is 20.0 Å². The molecule has 1 aliphatic heterocycles. The van der Waals surface area contributed by atoms with Crippen molar-refractivity contribution < 1.29 is 23.5 Å². The van der Waals surface area contributed by atoms with Crippen molar-refractivity contribution in [3.05, 3.63) is 47.3 Å². The summed E-state index contributed by atoms with van der Waals surface area (Å²) in [5, 5.41) is 2.46. The number of carbonyl (C=O) groups is 2. The number of ketones is 1. The van der Waals surface area contributed by atoms with E-state index < -0.39 is 5.82 Å². The quantitative estimate of drug-likeness (QED) is 0.880. The van der Waals surface area contributed by atoms with Crippen LogP contribution < -0.4 is 14.8 Å². The van der Waals surface area contributed by atoms with Gasteiger partial charge in [0.25, 0.3) is 5.91 Å². The van der Waals surface area contributed by atoms with Crippen LogP contribution in [-0.4, -0.2) is 32.0 Å². The number of rotatable bonds is 3. The Balaban J connectivity index is 2.16. The molecule has 0 atom stereocenters. The zero-order chi connectivity index (χ0) is 17.3. The molecule has 0 fully saturated rings. The molecule has 5 nitrogen and oxygen atoms in total. The predicted octanol–water partition coefficient (Wildman–Crippen LogP) is 2.83. The van der Waals surface area contributed by atoms with Gasteiger partial charge in [0.05, 0.1) is 5.56 Å². The maximum absolute atomic E-state index is 13.9. The minimum atomic E-state index is -0.537. The number of hydrogen-bond donors (Lipinski definition) is 1. The summed E-state index contributed by atoms with van der Waals surface area (Å²) in [6.45, 7) is 2.17. The van der Waals surface area contributed by atoms with Gasteiger partial charge in [0.1, 0.15) is 19.0 Å². The summed E-state index contributed by atoms with van der Waals surface area (Å²) in [6, 6.07) is 7.34. The number of nitrogens with one attached hydrogen (secondary N) is 1. The fraction of sp³-hybridized carbons (Fsp3) is 0.222. The SMILES string of the molecule is CNC(=O)c1cc(F)cc(-c2cc3c(c(C(C)=O)c2)OCCO3)c1. The summed E-state index contributed by atoms with van der Waals surface area (Å²) in [5.74, 6) is -0.262. The third-order valence-electron chi connectivity index (χ3n) is 3.74. The summed E-state index contributed by atoms with van der Waals surface area (Å²) in [5.41, 5.74) is 1.63. The van der Waals surface area contributed by atoms with Gasteiger partial charge in [-0.15, -0.1) is 0 Å². The first-order valence-electron chi connectivity index (χ1n) is 7.47. The molecule has 1 aliphatic rings. The largest absolute Gasteiger partial charge is 0.486 e. The highest BCUT2D eigenvalue weighted by Gasteiger charge is 2.21. The molecule has 2 aromatic carbocycles. The molecule has 1 N–H and O–H groups in total. The molecule has 0 unspecified atom stereocenters. The van der Waals surface area contributed by atoms with Crippen LogP contribution in [-0.2, 0) is 0 Å². The maximum Gasteiger partial charge on any atom is 0.251 e. The lowest BCUT2D eigenvalue weighted by molar-refractivity contribution is 0.0961. The molecule has 0 aromatic heterocycles. The molecule has 0 spiro atoms. The van der Waals surface area contributed by atoms with E-state index in [4.69, 9.17) is 9.47 Å². The Morgan fingerprint density at radius 3 is 2.46 bits per heavy atom. The Bertz CT molecular complexity index is 832. The van der Waals surface area contributed by atoms with Crippen molar-refractivity contribution in [2.24, 2.45) is 0 Å².